The molecule has 6 fully saturated rings. The van der Waals surface area contributed by atoms with Gasteiger partial charge in [0.05, 0.1) is 6.04 Å². The number of rotatable bonds is 4. The molecule has 6 rings (SSSR count). The molecule has 0 bridgehead atoms. The van der Waals surface area contributed by atoms with E-state index in [-0.39, 0.29) is 41.9 Å². The number of carbonyl (C=O) groups is 2. The van der Waals surface area contributed by atoms with Gasteiger partial charge < -0.3 is 15.1 Å². The van der Waals surface area contributed by atoms with Gasteiger partial charge >= 0.3 is 6.03 Å². The highest BCUT2D eigenvalue weighted by Gasteiger charge is 2.47. The van der Waals surface area contributed by atoms with Crippen LogP contribution in [-0.2, 0) is 4.79 Å². The van der Waals surface area contributed by atoms with E-state index in [1.54, 1.807) is 0 Å². The summed E-state index contributed by atoms with van der Waals surface area (Å²) in [6.07, 6.45) is 4.15. The Balaban J connectivity index is 1.01. The molecule has 0 aromatic heterocycles. The Bertz CT molecular complexity index is 860. The van der Waals surface area contributed by atoms with Crippen molar-refractivity contribution in [3.05, 3.63) is 0 Å². The molecule has 9 heteroatoms. The van der Waals surface area contributed by atoms with Gasteiger partial charge in [0.1, 0.15) is 12.3 Å². The summed E-state index contributed by atoms with van der Waals surface area (Å²) in [6.45, 7) is 7.53. The fourth-order valence-corrected chi connectivity index (χ4v) is 8.82. The topological polar surface area (TPSA) is 59.1 Å². The van der Waals surface area contributed by atoms with Crippen molar-refractivity contribution in [2.45, 2.75) is 94.8 Å². The van der Waals surface area contributed by atoms with E-state index in [9.17, 15) is 18.4 Å². The van der Waals surface area contributed by atoms with Gasteiger partial charge in [-0.05, 0) is 69.1 Å². The summed E-state index contributed by atoms with van der Waals surface area (Å²) in [5.41, 5.74) is 0. The second-order valence-corrected chi connectivity index (χ2v) is 13.2. The van der Waals surface area contributed by atoms with Crippen molar-refractivity contribution in [2.75, 3.05) is 46.3 Å². The number of carbonyl (C=O) groups excluding carboxylic acids is 2. The summed E-state index contributed by atoms with van der Waals surface area (Å²) < 4.78 is 29.4. The predicted molar refractivity (Wildman–Crippen MR) is 138 cm³/mol. The van der Waals surface area contributed by atoms with E-state index in [0.29, 0.717) is 43.6 Å². The fourth-order valence-electron chi connectivity index (χ4n) is 8.82. The van der Waals surface area contributed by atoms with Crippen molar-refractivity contribution in [3.63, 3.8) is 0 Å². The number of alkyl halides is 2. The van der Waals surface area contributed by atoms with Crippen LogP contribution in [0.3, 0.4) is 0 Å². The zero-order chi connectivity index (χ0) is 25.8. The molecule has 3 aliphatic carbocycles. The van der Waals surface area contributed by atoms with Crippen LogP contribution in [0.25, 0.3) is 0 Å². The van der Waals surface area contributed by atoms with E-state index in [1.807, 2.05) is 16.8 Å². The van der Waals surface area contributed by atoms with Crippen LogP contribution in [0.4, 0.5) is 13.6 Å². The molecular formula is C28H45F2N5O2. The monoisotopic (exact) mass is 521 g/mol. The first-order chi connectivity index (χ1) is 17.8. The number of hydrogen-bond donors (Lipinski definition) is 1. The number of piperazine rings is 1. The van der Waals surface area contributed by atoms with Crippen molar-refractivity contribution in [3.8, 4) is 0 Å². The van der Waals surface area contributed by atoms with Gasteiger partial charge in [0.2, 0.25) is 5.91 Å². The highest BCUT2D eigenvalue weighted by molar-refractivity contribution is 5.79. The minimum atomic E-state index is -0.895. The first-order valence-electron chi connectivity index (χ1n) is 14.8. The molecule has 3 saturated carbocycles. The van der Waals surface area contributed by atoms with Crippen LogP contribution < -0.4 is 5.32 Å². The number of halogens is 2. The Morgan fingerprint density at radius 1 is 0.838 bits per heavy atom. The van der Waals surface area contributed by atoms with Gasteiger partial charge in [0.25, 0.3) is 0 Å². The van der Waals surface area contributed by atoms with Gasteiger partial charge in [-0.25, -0.2) is 13.6 Å². The maximum Gasteiger partial charge on any atom is 0.320 e. The smallest absolute Gasteiger partial charge is 0.320 e. The molecule has 0 aromatic carbocycles. The summed E-state index contributed by atoms with van der Waals surface area (Å²) in [5, 5.41) is 3.21. The molecular weight excluding hydrogens is 476 g/mol. The molecule has 10 atom stereocenters. The third-order valence-electron chi connectivity index (χ3n) is 10.9. The van der Waals surface area contributed by atoms with E-state index < -0.39 is 12.3 Å². The number of hydrogen-bond acceptors (Lipinski definition) is 4. The molecule has 3 saturated heterocycles. The van der Waals surface area contributed by atoms with Gasteiger partial charge in [-0.2, -0.15) is 0 Å². The van der Waals surface area contributed by atoms with Gasteiger partial charge in [-0.3, -0.25) is 14.6 Å². The Kier molecular flexibility index (Phi) is 7.14. The molecule has 37 heavy (non-hydrogen) atoms. The van der Waals surface area contributed by atoms with E-state index in [2.05, 4.69) is 22.0 Å². The first-order valence-corrected chi connectivity index (χ1v) is 14.8. The number of amides is 3. The number of urea groups is 1. The summed E-state index contributed by atoms with van der Waals surface area (Å²) >= 11 is 0. The largest absolute Gasteiger partial charge is 0.353 e. The summed E-state index contributed by atoms with van der Waals surface area (Å²) in [4.78, 5) is 34.3. The van der Waals surface area contributed by atoms with Gasteiger partial charge in [0, 0.05) is 70.4 Å². The standard InChI is InChI=1S/C28H45F2N5O2/c1-17-3-4-26(30)25-10-18(9-24(17)25)27(36)31-20-11-19(29)12-22(13-20)33-6-5-21(15-33)34-7-8-35-23(16-34)14-32(2)28(35)37/h17-26H,3-16H2,1-2H3,(H,31,36). The van der Waals surface area contributed by atoms with Crippen LogP contribution in [-0.4, -0.2) is 114 Å². The average molecular weight is 522 g/mol. The van der Waals surface area contributed by atoms with E-state index >= 15 is 0 Å². The lowest BCUT2D eigenvalue weighted by Crippen LogP contribution is -2.56. The van der Waals surface area contributed by atoms with Crippen LogP contribution in [0.5, 0.6) is 0 Å². The maximum atomic E-state index is 14.9. The number of nitrogens with one attached hydrogen (secondary N) is 1. The Labute approximate surface area is 220 Å². The zero-order valence-corrected chi connectivity index (χ0v) is 22.5. The van der Waals surface area contributed by atoms with Crippen LogP contribution >= 0.6 is 0 Å². The number of likely N-dealkylation sites (N-methyl/N-ethyl adjacent to an activating group) is 1. The van der Waals surface area contributed by atoms with Crippen LogP contribution in [0, 0.1) is 23.7 Å². The molecule has 208 valence electrons. The molecule has 10 unspecified atom stereocenters. The van der Waals surface area contributed by atoms with Crippen LogP contribution in [0.1, 0.15) is 58.3 Å². The van der Waals surface area contributed by atoms with E-state index in [1.165, 1.54) is 0 Å². The van der Waals surface area contributed by atoms with Crippen molar-refractivity contribution in [1.82, 2.24) is 24.9 Å². The molecule has 3 heterocycles. The SMILES string of the molecule is CC1CCC(F)C2CC(C(=O)NC3CC(F)CC(N4CCC(N5CCN6C(=O)N(C)CC6C5)C4)C3)CC12. The lowest BCUT2D eigenvalue weighted by Gasteiger charge is -2.41. The lowest BCUT2D eigenvalue weighted by atomic mass is 9.74. The minimum Gasteiger partial charge on any atom is -0.353 e. The molecule has 6 aliphatic rings. The Hall–Kier alpha value is -1.48. The average Bonchev–Trinajstić information content (AvgIpc) is 3.60. The van der Waals surface area contributed by atoms with E-state index in [4.69, 9.17) is 0 Å². The first kappa shape index (κ1) is 25.8. The Morgan fingerprint density at radius 2 is 1.59 bits per heavy atom. The predicted octanol–water partition coefficient (Wildman–Crippen LogP) is 2.90. The van der Waals surface area contributed by atoms with Crippen molar-refractivity contribution >= 4 is 11.9 Å². The lowest BCUT2D eigenvalue weighted by molar-refractivity contribution is -0.126. The molecule has 0 spiro atoms. The molecule has 0 aromatic rings. The molecule has 3 aliphatic heterocycles. The highest BCUT2D eigenvalue weighted by Crippen LogP contribution is 2.49. The molecule has 1 N–H and O–H groups in total. The highest BCUT2D eigenvalue weighted by atomic mass is 19.1. The van der Waals surface area contributed by atoms with Crippen molar-refractivity contribution < 1.29 is 18.4 Å². The number of fused-ring (bicyclic) bond motifs is 2. The minimum absolute atomic E-state index is 0.0266. The number of nitrogens with zero attached hydrogens (tertiary/aromatic N) is 4. The van der Waals surface area contributed by atoms with Gasteiger partial charge in [-0.1, -0.05) is 6.92 Å². The second-order valence-electron chi connectivity index (χ2n) is 13.2. The third kappa shape index (κ3) is 4.99. The fraction of sp³-hybridized carbons (Fsp3) is 0.929. The van der Waals surface area contributed by atoms with Crippen LogP contribution in [0.15, 0.2) is 0 Å². The van der Waals surface area contributed by atoms with Gasteiger partial charge in [-0.15, -0.1) is 0 Å². The summed E-state index contributed by atoms with van der Waals surface area (Å²) in [7, 11) is 1.88. The third-order valence-corrected chi connectivity index (χ3v) is 10.9. The zero-order valence-electron chi connectivity index (χ0n) is 22.5. The second kappa shape index (κ2) is 10.2. The maximum absolute atomic E-state index is 14.9. The summed E-state index contributed by atoms with van der Waals surface area (Å²) in [6, 6.07) is 0.900. The molecule has 0 radical (unpaired) electrons. The van der Waals surface area contributed by atoms with Gasteiger partial charge in [0.15, 0.2) is 0 Å². The number of likely N-dealkylation sites (tertiary alicyclic amines) is 1. The van der Waals surface area contributed by atoms with E-state index in [0.717, 1.165) is 65.0 Å². The molecule has 3 amide bonds. The molecule has 7 nitrogen and oxygen atoms in total. The van der Waals surface area contributed by atoms with Crippen molar-refractivity contribution in [1.29, 1.82) is 0 Å². The normalized spacial score (nSPS) is 45.2. The van der Waals surface area contributed by atoms with Crippen LogP contribution in [0.2, 0.25) is 0 Å². The summed E-state index contributed by atoms with van der Waals surface area (Å²) in [5.74, 6) is 0.742. The quantitative estimate of drug-likeness (QED) is 0.618. The Morgan fingerprint density at radius 3 is 2.41 bits per heavy atom. The van der Waals surface area contributed by atoms with Crippen molar-refractivity contribution in [2.24, 2.45) is 23.7 Å².